The number of nitrogens with two attached hydrogens (primary N) is 1. The van der Waals surface area contributed by atoms with Crippen LogP contribution >= 0.6 is 0 Å². The van der Waals surface area contributed by atoms with Crippen LogP contribution in [0.25, 0.3) is 0 Å². The molecule has 0 aliphatic rings. The molecule has 0 unspecified atom stereocenters. The molecule has 7 nitrogen and oxygen atoms in total. The van der Waals surface area contributed by atoms with E-state index >= 15 is 0 Å². The number of nitrogens with zero attached hydrogens (tertiary/aromatic N) is 1. The highest BCUT2D eigenvalue weighted by Gasteiger charge is 2.18. The highest BCUT2D eigenvalue weighted by Crippen LogP contribution is 2.23. The second-order valence-corrected chi connectivity index (χ2v) is 5.18. The van der Waals surface area contributed by atoms with Crippen molar-refractivity contribution < 1.29 is 14.3 Å². The number of hydrazone groups is 1. The largest absolute Gasteiger partial charge is 0.495 e. The lowest BCUT2D eigenvalue weighted by Gasteiger charge is -2.10. The zero-order valence-corrected chi connectivity index (χ0v) is 14.1. The Hall–Kier alpha value is -3.19. The minimum absolute atomic E-state index is 0.242. The number of carbonyl (C=O) groups excluding carboxylic acids is 2. The number of hydrogen-bond acceptors (Lipinski definition) is 6. The monoisotopic (exact) mass is 340 g/mol. The molecule has 7 heteroatoms. The molecule has 0 fully saturated rings. The molecular weight excluding hydrogens is 320 g/mol. The SMILES string of the molecule is COc1ccccc1NC(=O)/C(=N/Nc1ccc(CN)cc1)C(C)=O. The average Bonchev–Trinajstić information content (AvgIpc) is 2.62. The summed E-state index contributed by atoms with van der Waals surface area (Å²) in [6.45, 7) is 1.71. The molecule has 2 aromatic rings. The van der Waals surface area contributed by atoms with Gasteiger partial charge in [-0.15, -0.1) is 0 Å². The number of ether oxygens (including phenoxy) is 1. The Labute approximate surface area is 145 Å². The third-order valence-electron chi connectivity index (χ3n) is 3.39. The molecule has 0 heterocycles. The number of ketones is 1. The lowest BCUT2D eigenvalue weighted by molar-refractivity contribution is -0.114. The fourth-order valence-corrected chi connectivity index (χ4v) is 2.05. The van der Waals surface area contributed by atoms with Crippen LogP contribution in [-0.2, 0) is 16.1 Å². The molecule has 25 heavy (non-hydrogen) atoms. The number of Topliss-reactive ketones (excluding diaryl/α,β-unsaturated/α-hetero) is 1. The second-order valence-electron chi connectivity index (χ2n) is 5.18. The first-order valence-electron chi connectivity index (χ1n) is 7.63. The quantitative estimate of drug-likeness (QED) is 0.407. The summed E-state index contributed by atoms with van der Waals surface area (Å²) in [6.07, 6.45) is 0. The van der Waals surface area contributed by atoms with Crippen LogP contribution in [0, 0.1) is 0 Å². The van der Waals surface area contributed by atoms with Crippen molar-refractivity contribution in [2.24, 2.45) is 10.8 Å². The van der Waals surface area contributed by atoms with Gasteiger partial charge in [-0.25, -0.2) is 0 Å². The minimum Gasteiger partial charge on any atom is -0.495 e. The highest BCUT2D eigenvalue weighted by molar-refractivity contribution is 6.67. The highest BCUT2D eigenvalue weighted by atomic mass is 16.5. The molecule has 2 aromatic carbocycles. The van der Waals surface area contributed by atoms with Gasteiger partial charge >= 0.3 is 0 Å². The van der Waals surface area contributed by atoms with Crippen molar-refractivity contribution in [2.45, 2.75) is 13.5 Å². The van der Waals surface area contributed by atoms with E-state index in [1.54, 1.807) is 36.4 Å². The van der Waals surface area contributed by atoms with Crippen molar-refractivity contribution in [3.63, 3.8) is 0 Å². The summed E-state index contributed by atoms with van der Waals surface area (Å²) in [7, 11) is 1.50. The van der Waals surface area contributed by atoms with Gasteiger partial charge in [0.05, 0.1) is 18.5 Å². The summed E-state index contributed by atoms with van der Waals surface area (Å²) in [6, 6.07) is 14.1. The van der Waals surface area contributed by atoms with Crippen molar-refractivity contribution in [3.05, 3.63) is 54.1 Å². The Kier molecular flexibility index (Phi) is 6.25. The van der Waals surface area contributed by atoms with Crippen LogP contribution in [0.15, 0.2) is 53.6 Å². The molecule has 130 valence electrons. The lowest BCUT2D eigenvalue weighted by Crippen LogP contribution is -2.29. The van der Waals surface area contributed by atoms with Gasteiger partial charge in [-0.3, -0.25) is 15.0 Å². The summed E-state index contributed by atoms with van der Waals surface area (Å²) in [4.78, 5) is 24.1. The summed E-state index contributed by atoms with van der Waals surface area (Å²) in [5.41, 5.74) is 10.1. The standard InChI is InChI=1S/C18H20N4O3/c1-12(23)17(22-21-14-9-7-13(11-19)8-10-14)18(24)20-15-5-3-4-6-16(15)25-2/h3-10,21H,11,19H2,1-2H3,(H,20,24)/b22-17+. The molecule has 4 N–H and O–H groups in total. The number of rotatable bonds is 7. The smallest absolute Gasteiger partial charge is 0.279 e. The van der Waals surface area contributed by atoms with Crippen molar-refractivity contribution in [1.29, 1.82) is 0 Å². The number of methoxy groups -OCH3 is 1. The van der Waals surface area contributed by atoms with Crippen LogP contribution in [0.1, 0.15) is 12.5 Å². The molecule has 2 rings (SSSR count). The third-order valence-corrected chi connectivity index (χ3v) is 3.39. The van der Waals surface area contributed by atoms with E-state index in [2.05, 4.69) is 15.8 Å². The first-order valence-corrected chi connectivity index (χ1v) is 7.63. The van der Waals surface area contributed by atoms with Gasteiger partial charge in [0.1, 0.15) is 5.75 Å². The van der Waals surface area contributed by atoms with Gasteiger partial charge in [0.15, 0.2) is 11.5 Å². The summed E-state index contributed by atoms with van der Waals surface area (Å²) in [5.74, 6) is -0.592. The number of nitrogens with one attached hydrogen (secondary N) is 2. The van der Waals surface area contributed by atoms with Gasteiger partial charge in [0.25, 0.3) is 5.91 Å². The van der Waals surface area contributed by atoms with Crippen LogP contribution in [0.3, 0.4) is 0 Å². The normalized spacial score (nSPS) is 10.9. The Morgan fingerprint density at radius 1 is 1.12 bits per heavy atom. The second kappa shape index (κ2) is 8.60. The predicted octanol–water partition coefficient (Wildman–Crippen LogP) is 2.15. The molecule has 0 aromatic heterocycles. The average molecular weight is 340 g/mol. The molecule has 1 amide bonds. The molecule has 0 bridgehead atoms. The summed E-state index contributed by atoms with van der Waals surface area (Å²) < 4.78 is 5.17. The summed E-state index contributed by atoms with van der Waals surface area (Å²) >= 11 is 0. The molecule has 0 aliphatic carbocycles. The zero-order valence-electron chi connectivity index (χ0n) is 14.1. The van der Waals surface area contributed by atoms with E-state index in [1.807, 2.05) is 12.1 Å². The van der Waals surface area contributed by atoms with E-state index in [-0.39, 0.29) is 5.71 Å². The number of amides is 1. The molecular formula is C18H20N4O3. The number of benzene rings is 2. The summed E-state index contributed by atoms with van der Waals surface area (Å²) in [5, 5.41) is 6.56. The molecule has 0 aliphatic heterocycles. The lowest BCUT2D eigenvalue weighted by atomic mass is 10.2. The number of anilines is 2. The first-order chi connectivity index (χ1) is 12.0. The Morgan fingerprint density at radius 3 is 2.40 bits per heavy atom. The van der Waals surface area contributed by atoms with Gasteiger partial charge in [-0.1, -0.05) is 24.3 Å². The topological polar surface area (TPSA) is 106 Å². The Balaban J connectivity index is 2.15. The molecule has 0 atom stereocenters. The zero-order chi connectivity index (χ0) is 18.2. The van der Waals surface area contributed by atoms with Gasteiger partial charge in [-0.05, 0) is 29.8 Å². The van der Waals surface area contributed by atoms with E-state index in [4.69, 9.17) is 10.5 Å². The van der Waals surface area contributed by atoms with E-state index < -0.39 is 11.7 Å². The van der Waals surface area contributed by atoms with Crippen LogP contribution in [0.2, 0.25) is 0 Å². The molecule has 0 saturated carbocycles. The maximum absolute atomic E-state index is 12.4. The van der Waals surface area contributed by atoms with Crippen LogP contribution in [-0.4, -0.2) is 24.5 Å². The van der Waals surface area contributed by atoms with Crippen molar-refractivity contribution >= 4 is 28.8 Å². The maximum atomic E-state index is 12.4. The van der Waals surface area contributed by atoms with Gasteiger partial charge in [0.2, 0.25) is 0 Å². The fourth-order valence-electron chi connectivity index (χ4n) is 2.05. The van der Waals surface area contributed by atoms with Crippen LogP contribution in [0.4, 0.5) is 11.4 Å². The van der Waals surface area contributed by atoms with Crippen molar-refractivity contribution in [2.75, 3.05) is 17.9 Å². The Morgan fingerprint density at radius 2 is 1.80 bits per heavy atom. The first kappa shape index (κ1) is 18.2. The van der Waals surface area contributed by atoms with Crippen molar-refractivity contribution in [3.8, 4) is 5.75 Å². The third kappa shape index (κ3) is 4.89. The van der Waals surface area contributed by atoms with E-state index in [9.17, 15) is 9.59 Å². The van der Waals surface area contributed by atoms with E-state index in [0.29, 0.717) is 23.7 Å². The molecule has 0 radical (unpaired) electrons. The Bertz CT molecular complexity index is 785. The van der Waals surface area contributed by atoms with Gasteiger partial charge < -0.3 is 15.8 Å². The fraction of sp³-hybridized carbons (Fsp3) is 0.167. The number of carbonyl (C=O) groups is 2. The van der Waals surface area contributed by atoms with Crippen LogP contribution in [0.5, 0.6) is 5.75 Å². The maximum Gasteiger partial charge on any atom is 0.279 e. The molecule has 0 saturated heterocycles. The van der Waals surface area contributed by atoms with Gasteiger partial charge in [-0.2, -0.15) is 5.10 Å². The molecule has 0 spiro atoms. The predicted molar refractivity (Wildman–Crippen MR) is 97.7 cm³/mol. The number of hydrogen-bond donors (Lipinski definition) is 3. The van der Waals surface area contributed by atoms with E-state index in [1.165, 1.54) is 14.0 Å². The minimum atomic E-state index is -0.622. The van der Waals surface area contributed by atoms with Gasteiger partial charge in [0, 0.05) is 13.5 Å². The van der Waals surface area contributed by atoms with E-state index in [0.717, 1.165) is 5.56 Å². The van der Waals surface area contributed by atoms with Crippen LogP contribution < -0.4 is 21.2 Å². The van der Waals surface area contributed by atoms with Crippen molar-refractivity contribution in [1.82, 2.24) is 0 Å². The number of para-hydroxylation sites is 2.